The van der Waals surface area contributed by atoms with Crippen molar-refractivity contribution in [1.29, 1.82) is 0 Å². The topological polar surface area (TPSA) is 129 Å². The van der Waals surface area contributed by atoms with E-state index < -0.39 is 12.1 Å². The van der Waals surface area contributed by atoms with Crippen LogP contribution in [0.1, 0.15) is 5.56 Å². The van der Waals surface area contributed by atoms with E-state index in [0.717, 1.165) is 27.9 Å². The maximum Gasteiger partial charge on any atom is 0.490 e. The number of halogens is 3. The molecule has 3 aromatic heterocycles. The van der Waals surface area contributed by atoms with Gasteiger partial charge in [0.1, 0.15) is 12.4 Å². The molecule has 0 unspecified atom stereocenters. The van der Waals surface area contributed by atoms with Crippen LogP contribution in [0.4, 0.5) is 19.0 Å². The maximum absolute atomic E-state index is 10.6. The summed E-state index contributed by atoms with van der Waals surface area (Å²) in [5, 5.41) is 19.7. The summed E-state index contributed by atoms with van der Waals surface area (Å²) in [7, 11) is 3.24. The van der Waals surface area contributed by atoms with Crippen LogP contribution in [0.2, 0.25) is 0 Å². The Morgan fingerprint density at radius 1 is 1.05 bits per heavy atom. The van der Waals surface area contributed by atoms with Gasteiger partial charge < -0.3 is 24.6 Å². The van der Waals surface area contributed by atoms with E-state index in [4.69, 9.17) is 24.1 Å². The van der Waals surface area contributed by atoms with Crippen LogP contribution in [0, 0.1) is 0 Å². The van der Waals surface area contributed by atoms with Gasteiger partial charge in [-0.15, -0.1) is 0 Å². The molecular formula is C25H24F3N5O5. The fraction of sp³-hybridized carbons (Fsp3) is 0.240. The van der Waals surface area contributed by atoms with Crippen molar-refractivity contribution >= 4 is 22.7 Å². The number of aromatic nitrogens is 4. The molecule has 0 aliphatic carbocycles. The molecule has 2 N–H and O–H groups in total. The summed E-state index contributed by atoms with van der Waals surface area (Å²) in [6.07, 6.45) is 2.05. The molecule has 200 valence electrons. The first-order valence-corrected chi connectivity index (χ1v) is 11.1. The number of alkyl halides is 3. The Morgan fingerprint density at radius 2 is 1.84 bits per heavy atom. The Hall–Kier alpha value is -4.52. The molecule has 38 heavy (non-hydrogen) atoms. The first-order valence-electron chi connectivity index (χ1n) is 11.1. The minimum atomic E-state index is -5.08. The number of rotatable bonds is 9. The summed E-state index contributed by atoms with van der Waals surface area (Å²) in [5.41, 5.74) is 3.65. The molecule has 3 heterocycles. The number of benzene rings is 1. The van der Waals surface area contributed by atoms with Gasteiger partial charge in [-0.3, -0.25) is 4.98 Å². The quantitative estimate of drug-likeness (QED) is 0.301. The van der Waals surface area contributed by atoms with Gasteiger partial charge in [-0.05, 0) is 29.8 Å². The van der Waals surface area contributed by atoms with E-state index in [1.807, 2.05) is 48.8 Å². The second-order valence-electron chi connectivity index (χ2n) is 7.57. The van der Waals surface area contributed by atoms with Crippen molar-refractivity contribution in [3.05, 3.63) is 66.7 Å². The summed E-state index contributed by atoms with van der Waals surface area (Å²) in [6, 6.07) is 11.6. The minimum absolute atomic E-state index is 0.422. The summed E-state index contributed by atoms with van der Waals surface area (Å²) in [4.78, 5) is 17.6. The average Bonchev–Trinajstić information content (AvgIpc) is 2.92. The summed E-state index contributed by atoms with van der Waals surface area (Å²) >= 11 is 0. The summed E-state index contributed by atoms with van der Waals surface area (Å²) < 4.78 is 48.1. The molecular weight excluding hydrogens is 507 g/mol. The van der Waals surface area contributed by atoms with E-state index in [2.05, 4.69) is 25.5 Å². The van der Waals surface area contributed by atoms with Crippen molar-refractivity contribution < 1.29 is 37.3 Å². The highest BCUT2D eigenvalue weighted by Gasteiger charge is 2.38. The van der Waals surface area contributed by atoms with E-state index in [1.54, 1.807) is 26.6 Å². The smallest absolute Gasteiger partial charge is 0.490 e. The summed E-state index contributed by atoms with van der Waals surface area (Å²) in [5.74, 6) is -0.746. The fourth-order valence-corrected chi connectivity index (χ4v) is 3.16. The number of aliphatic carboxylic acids is 1. The van der Waals surface area contributed by atoms with Crippen LogP contribution in [0.15, 0.2) is 61.2 Å². The number of fused-ring (bicyclic) bond motifs is 1. The molecule has 4 aromatic rings. The predicted molar refractivity (Wildman–Crippen MR) is 132 cm³/mol. The molecule has 0 saturated carbocycles. The monoisotopic (exact) mass is 531 g/mol. The van der Waals surface area contributed by atoms with Gasteiger partial charge in [0.15, 0.2) is 11.5 Å². The van der Waals surface area contributed by atoms with E-state index in [9.17, 15) is 13.2 Å². The maximum atomic E-state index is 10.6. The second-order valence-corrected chi connectivity index (χ2v) is 7.57. The highest BCUT2D eigenvalue weighted by atomic mass is 19.4. The normalized spacial score (nSPS) is 10.9. The van der Waals surface area contributed by atoms with Crippen LogP contribution < -0.4 is 14.8 Å². The van der Waals surface area contributed by atoms with Gasteiger partial charge in [0, 0.05) is 54.8 Å². The van der Waals surface area contributed by atoms with Gasteiger partial charge in [-0.1, -0.05) is 6.07 Å². The number of anilines is 1. The lowest BCUT2D eigenvalue weighted by molar-refractivity contribution is -0.192. The molecule has 0 bridgehead atoms. The number of ether oxygens (including phenoxy) is 3. The fourth-order valence-electron chi connectivity index (χ4n) is 3.16. The lowest BCUT2D eigenvalue weighted by Crippen LogP contribution is -2.21. The third kappa shape index (κ3) is 7.74. The molecule has 1 aromatic carbocycles. The average molecular weight is 531 g/mol. The largest absolute Gasteiger partial charge is 0.493 e. The number of carboxylic acid groups (broad SMARTS) is 1. The number of nitrogens with one attached hydrogen (secondary N) is 1. The van der Waals surface area contributed by atoms with Gasteiger partial charge in [0.25, 0.3) is 0 Å². The molecule has 0 aliphatic rings. The third-order valence-electron chi connectivity index (χ3n) is 4.98. The van der Waals surface area contributed by atoms with Crippen LogP contribution in [-0.2, 0) is 16.1 Å². The van der Waals surface area contributed by atoms with Crippen LogP contribution in [0.5, 0.6) is 11.5 Å². The Labute approximate surface area is 215 Å². The standard InChI is InChI=1S/C23H23N5O3.C2HF3O2/c1-29-8-9-31-22-10-18-19(15-27-28-20(18)11-21(22)30-2)17-5-6-23(26-14-17)25-13-16-4-3-7-24-12-16;3-2(4,5)1(6)7/h3-7,10-12,14-15H,8-9,13H2,1-2H3,(H,25,26);(H,6,7). The zero-order chi connectivity index (χ0) is 27.5. The molecule has 10 nitrogen and oxygen atoms in total. The lowest BCUT2D eigenvalue weighted by Gasteiger charge is -2.13. The molecule has 4 rings (SSSR count). The zero-order valence-electron chi connectivity index (χ0n) is 20.4. The molecule has 13 heteroatoms. The van der Waals surface area contributed by atoms with Crippen molar-refractivity contribution in [2.75, 3.05) is 32.8 Å². The highest BCUT2D eigenvalue weighted by molar-refractivity contribution is 5.95. The first kappa shape index (κ1) is 28.1. The molecule has 0 fully saturated rings. The number of hydrogen-bond donors (Lipinski definition) is 2. The van der Waals surface area contributed by atoms with Crippen molar-refractivity contribution in [3.63, 3.8) is 0 Å². The van der Waals surface area contributed by atoms with E-state index >= 15 is 0 Å². The van der Waals surface area contributed by atoms with Crippen molar-refractivity contribution in [1.82, 2.24) is 20.2 Å². The van der Waals surface area contributed by atoms with Crippen LogP contribution in [0.25, 0.3) is 22.0 Å². The van der Waals surface area contributed by atoms with Crippen LogP contribution in [0.3, 0.4) is 0 Å². The van der Waals surface area contributed by atoms with Crippen LogP contribution >= 0.6 is 0 Å². The molecule has 0 atom stereocenters. The lowest BCUT2D eigenvalue weighted by atomic mass is 10.0. The van der Waals surface area contributed by atoms with Gasteiger partial charge in [0.05, 0.1) is 25.4 Å². The van der Waals surface area contributed by atoms with Crippen molar-refractivity contribution in [3.8, 4) is 22.6 Å². The molecule has 0 aliphatic heterocycles. The highest BCUT2D eigenvalue weighted by Crippen LogP contribution is 2.35. The first-order chi connectivity index (χ1) is 18.2. The number of pyridine rings is 2. The third-order valence-corrected chi connectivity index (χ3v) is 4.98. The van der Waals surface area contributed by atoms with Gasteiger partial charge >= 0.3 is 12.1 Å². The Bertz CT molecular complexity index is 1340. The minimum Gasteiger partial charge on any atom is -0.493 e. The Balaban J connectivity index is 0.000000505. The van der Waals surface area contributed by atoms with E-state index in [0.29, 0.717) is 36.8 Å². The number of carboxylic acids is 1. The van der Waals surface area contributed by atoms with E-state index in [-0.39, 0.29) is 0 Å². The summed E-state index contributed by atoms with van der Waals surface area (Å²) in [6.45, 7) is 1.56. The Morgan fingerprint density at radius 3 is 2.45 bits per heavy atom. The van der Waals surface area contributed by atoms with Gasteiger partial charge in [-0.2, -0.15) is 23.4 Å². The van der Waals surface area contributed by atoms with Gasteiger partial charge in [0.2, 0.25) is 0 Å². The number of hydrogen-bond acceptors (Lipinski definition) is 9. The zero-order valence-corrected chi connectivity index (χ0v) is 20.4. The number of carbonyl (C=O) groups is 1. The van der Waals surface area contributed by atoms with Crippen molar-refractivity contribution in [2.24, 2.45) is 0 Å². The van der Waals surface area contributed by atoms with E-state index in [1.165, 1.54) is 0 Å². The van der Waals surface area contributed by atoms with Gasteiger partial charge in [-0.25, -0.2) is 9.78 Å². The van der Waals surface area contributed by atoms with Crippen LogP contribution in [-0.4, -0.2) is 64.9 Å². The number of methoxy groups -OCH3 is 2. The SMILES string of the molecule is COCCOc1cc2c(-c3ccc(NCc4cccnc4)nc3)cnnc2cc1OC.O=C(O)C(F)(F)F. The predicted octanol–water partition coefficient (Wildman–Crippen LogP) is 4.37. The number of nitrogens with zero attached hydrogens (tertiary/aromatic N) is 4. The molecule has 0 amide bonds. The van der Waals surface area contributed by atoms with Crippen molar-refractivity contribution in [2.45, 2.75) is 12.7 Å². The molecule has 0 radical (unpaired) electrons. The Kier molecular flexibility index (Phi) is 9.71. The second kappa shape index (κ2) is 13.1. The molecule has 0 saturated heterocycles. The molecule has 0 spiro atoms.